The van der Waals surface area contributed by atoms with Crippen LogP contribution in [0.25, 0.3) is 0 Å². The molecule has 1 heterocycles. The predicted molar refractivity (Wildman–Crippen MR) is 67.8 cm³/mol. The molecule has 1 saturated heterocycles. The molecule has 2 nitrogen and oxygen atoms in total. The summed E-state index contributed by atoms with van der Waals surface area (Å²) in [5.41, 5.74) is 0.608. The highest BCUT2D eigenvalue weighted by Crippen LogP contribution is 2.60. The average molecular weight is 235 g/mol. The SMILES string of the molecule is C1CC(OCC23CC4CC(CC(C4)C2)C3)CN1. The predicted octanol–water partition coefficient (Wildman–Crippen LogP) is 2.58. The zero-order chi connectivity index (χ0) is 11.3. The highest BCUT2D eigenvalue weighted by molar-refractivity contribution is 5.01. The van der Waals surface area contributed by atoms with Crippen molar-refractivity contribution in [3.8, 4) is 0 Å². The molecule has 1 N–H and O–H groups in total. The summed E-state index contributed by atoms with van der Waals surface area (Å²) in [4.78, 5) is 0. The minimum Gasteiger partial charge on any atom is -0.376 e. The lowest BCUT2D eigenvalue weighted by Crippen LogP contribution is -2.48. The quantitative estimate of drug-likeness (QED) is 0.812. The summed E-state index contributed by atoms with van der Waals surface area (Å²) in [5.74, 6) is 3.18. The Morgan fingerprint density at radius 3 is 2.18 bits per heavy atom. The van der Waals surface area contributed by atoms with E-state index in [0.717, 1.165) is 37.5 Å². The summed E-state index contributed by atoms with van der Waals surface area (Å²) in [7, 11) is 0. The van der Waals surface area contributed by atoms with Crippen molar-refractivity contribution in [3.05, 3.63) is 0 Å². The second kappa shape index (κ2) is 3.96. The van der Waals surface area contributed by atoms with E-state index in [1.54, 1.807) is 19.3 Å². The molecule has 1 atom stereocenters. The van der Waals surface area contributed by atoms with Crippen LogP contribution in [-0.4, -0.2) is 25.8 Å². The van der Waals surface area contributed by atoms with Gasteiger partial charge in [-0.15, -0.1) is 0 Å². The third-order valence-electron chi connectivity index (χ3n) is 5.81. The Balaban J connectivity index is 1.42. The Morgan fingerprint density at radius 1 is 1.00 bits per heavy atom. The van der Waals surface area contributed by atoms with E-state index in [-0.39, 0.29) is 0 Å². The summed E-state index contributed by atoms with van der Waals surface area (Å²) in [6.07, 6.45) is 10.8. The van der Waals surface area contributed by atoms with Crippen LogP contribution in [0, 0.1) is 23.2 Å². The van der Waals surface area contributed by atoms with Crippen molar-refractivity contribution in [1.29, 1.82) is 0 Å². The van der Waals surface area contributed by atoms with Gasteiger partial charge in [0, 0.05) is 6.54 Å². The molecule has 17 heavy (non-hydrogen) atoms. The van der Waals surface area contributed by atoms with Crippen LogP contribution in [0.1, 0.15) is 44.9 Å². The van der Waals surface area contributed by atoms with Crippen molar-refractivity contribution in [2.75, 3.05) is 19.7 Å². The fourth-order valence-corrected chi connectivity index (χ4v) is 5.53. The second-order valence-corrected chi connectivity index (χ2v) is 7.34. The Labute approximate surface area is 104 Å². The van der Waals surface area contributed by atoms with Gasteiger partial charge in [-0.1, -0.05) is 0 Å². The summed E-state index contributed by atoms with van der Waals surface area (Å²) in [5, 5.41) is 3.41. The van der Waals surface area contributed by atoms with Gasteiger partial charge in [0.2, 0.25) is 0 Å². The summed E-state index contributed by atoms with van der Waals surface area (Å²) in [6, 6.07) is 0. The fraction of sp³-hybridized carbons (Fsp3) is 1.00. The molecule has 96 valence electrons. The highest BCUT2D eigenvalue weighted by atomic mass is 16.5. The zero-order valence-corrected chi connectivity index (χ0v) is 10.8. The maximum Gasteiger partial charge on any atom is 0.0711 e. The van der Waals surface area contributed by atoms with Gasteiger partial charge in [-0.3, -0.25) is 0 Å². The van der Waals surface area contributed by atoms with E-state index in [0.29, 0.717) is 11.5 Å². The Bertz CT molecular complexity index is 260. The van der Waals surface area contributed by atoms with Crippen LogP contribution >= 0.6 is 0 Å². The van der Waals surface area contributed by atoms with Crippen molar-refractivity contribution in [2.45, 2.75) is 51.0 Å². The van der Waals surface area contributed by atoms with Gasteiger partial charge in [-0.2, -0.15) is 0 Å². The van der Waals surface area contributed by atoms with Gasteiger partial charge in [0.25, 0.3) is 0 Å². The van der Waals surface area contributed by atoms with E-state index in [9.17, 15) is 0 Å². The van der Waals surface area contributed by atoms with Crippen LogP contribution in [0.5, 0.6) is 0 Å². The molecule has 1 unspecified atom stereocenters. The Hall–Kier alpha value is -0.0800. The van der Waals surface area contributed by atoms with E-state index in [1.165, 1.54) is 25.7 Å². The average Bonchev–Trinajstić information content (AvgIpc) is 2.77. The number of hydrogen-bond acceptors (Lipinski definition) is 2. The molecule has 0 aromatic heterocycles. The first kappa shape index (κ1) is 10.8. The number of ether oxygens (including phenoxy) is 1. The molecule has 0 radical (unpaired) electrons. The molecule has 2 heteroatoms. The number of rotatable bonds is 3. The van der Waals surface area contributed by atoms with Gasteiger partial charge in [-0.05, 0) is 74.7 Å². The largest absolute Gasteiger partial charge is 0.376 e. The first-order chi connectivity index (χ1) is 8.31. The van der Waals surface area contributed by atoms with Gasteiger partial charge in [0.1, 0.15) is 0 Å². The molecule has 4 aliphatic carbocycles. The third kappa shape index (κ3) is 1.94. The van der Waals surface area contributed by atoms with Crippen molar-refractivity contribution < 1.29 is 4.74 Å². The van der Waals surface area contributed by atoms with Crippen LogP contribution in [0.3, 0.4) is 0 Å². The normalized spacial score (nSPS) is 52.2. The van der Waals surface area contributed by atoms with Gasteiger partial charge < -0.3 is 10.1 Å². The molecule has 0 aromatic carbocycles. The maximum atomic E-state index is 6.23. The van der Waals surface area contributed by atoms with Gasteiger partial charge >= 0.3 is 0 Å². The molecule has 0 spiro atoms. The second-order valence-electron chi connectivity index (χ2n) is 7.34. The van der Waals surface area contributed by atoms with Crippen LogP contribution in [0.2, 0.25) is 0 Å². The Kier molecular flexibility index (Phi) is 2.52. The molecule has 0 aromatic rings. The lowest BCUT2D eigenvalue weighted by atomic mass is 9.50. The van der Waals surface area contributed by atoms with E-state index in [2.05, 4.69) is 5.32 Å². The van der Waals surface area contributed by atoms with E-state index >= 15 is 0 Å². The van der Waals surface area contributed by atoms with Gasteiger partial charge in [-0.25, -0.2) is 0 Å². The summed E-state index contributed by atoms with van der Waals surface area (Å²) >= 11 is 0. The number of hydrogen-bond donors (Lipinski definition) is 1. The van der Waals surface area contributed by atoms with Crippen molar-refractivity contribution in [3.63, 3.8) is 0 Å². The smallest absolute Gasteiger partial charge is 0.0711 e. The summed E-state index contributed by atoms with van der Waals surface area (Å²) in [6.45, 7) is 3.32. The minimum atomic E-state index is 0.517. The fourth-order valence-electron chi connectivity index (χ4n) is 5.53. The molecule has 5 fully saturated rings. The standard InChI is InChI=1S/C15H25NO/c1-2-16-9-14(1)17-10-15-6-11-3-12(7-15)5-13(4-11)8-15/h11-14,16H,1-10H2. The van der Waals surface area contributed by atoms with Crippen molar-refractivity contribution in [1.82, 2.24) is 5.32 Å². The first-order valence-corrected chi connectivity index (χ1v) is 7.64. The molecular weight excluding hydrogens is 210 g/mol. The maximum absolute atomic E-state index is 6.23. The molecule has 5 aliphatic rings. The van der Waals surface area contributed by atoms with E-state index in [4.69, 9.17) is 4.74 Å². The minimum absolute atomic E-state index is 0.517. The van der Waals surface area contributed by atoms with Crippen LogP contribution in [0.4, 0.5) is 0 Å². The van der Waals surface area contributed by atoms with Gasteiger partial charge in [0.15, 0.2) is 0 Å². The lowest BCUT2D eigenvalue weighted by Gasteiger charge is -2.56. The van der Waals surface area contributed by atoms with Crippen LogP contribution in [-0.2, 0) is 4.74 Å². The molecular formula is C15H25NO. The van der Waals surface area contributed by atoms with Gasteiger partial charge in [0.05, 0.1) is 12.7 Å². The number of nitrogens with one attached hydrogen (secondary N) is 1. The molecule has 0 amide bonds. The Morgan fingerprint density at radius 2 is 1.65 bits per heavy atom. The first-order valence-electron chi connectivity index (χ1n) is 7.64. The van der Waals surface area contributed by atoms with Crippen LogP contribution < -0.4 is 5.32 Å². The lowest BCUT2D eigenvalue weighted by molar-refractivity contribution is -0.108. The van der Waals surface area contributed by atoms with E-state index < -0.39 is 0 Å². The molecule has 1 aliphatic heterocycles. The van der Waals surface area contributed by atoms with Crippen molar-refractivity contribution >= 4 is 0 Å². The molecule has 4 saturated carbocycles. The topological polar surface area (TPSA) is 21.3 Å². The molecule has 4 bridgehead atoms. The zero-order valence-electron chi connectivity index (χ0n) is 10.8. The summed E-state index contributed by atoms with van der Waals surface area (Å²) < 4.78 is 6.23. The molecule has 5 rings (SSSR count). The van der Waals surface area contributed by atoms with E-state index in [1.807, 2.05) is 0 Å². The third-order valence-corrected chi connectivity index (χ3v) is 5.81. The van der Waals surface area contributed by atoms with Crippen molar-refractivity contribution in [2.24, 2.45) is 23.2 Å². The highest BCUT2D eigenvalue weighted by Gasteiger charge is 2.51. The monoisotopic (exact) mass is 235 g/mol. The van der Waals surface area contributed by atoms with Crippen LogP contribution in [0.15, 0.2) is 0 Å².